The minimum absolute atomic E-state index is 0.0163. The van der Waals surface area contributed by atoms with Crippen LogP contribution in [-0.2, 0) is 14.3 Å². The van der Waals surface area contributed by atoms with Gasteiger partial charge in [0.1, 0.15) is 0 Å². The normalized spacial score (nSPS) is 11.9. The molecular weight excluding hydrogens is 296 g/mol. The Morgan fingerprint density at radius 3 is 2.22 bits per heavy atom. The highest BCUT2D eigenvalue weighted by atomic mass is 16.6. The van der Waals surface area contributed by atoms with Crippen LogP contribution in [0.2, 0.25) is 0 Å². The fraction of sp³-hybridized carbons (Fsp3) is 0.556. The molecule has 0 aromatic heterocycles. The molecule has 1 rings (SSSR count). The number of hydrogen-bond donors (Lipinski definition) is 0. The minimum atomic E-state index is -0.481. The van der Waals surface area contributed by atoms with Gasteiger partial charge in [-0.1, -0.05) is 32.4 Å². The number of esters is 2. The molecule has 0 fully saturated rings. The van der Waals surface area contributed by atoms with Gasteiger partial charge in [-0.2, -0.15) is 0 Å². The van der Waals surface area contributed by atoms with E-state index < -0.39 is 5.97 Å². The zero-order valence-electron chi connectivity index (χ0n) is 14.3. The lowest BCUT2D eigenvalue weighted by Gasteiger charge is -2.14. The van der Waals surface area contributed by atoms with Crippen molar-refractivity contribution in [2.45, 2.75) is 53.1 Å². The Balaban J connectivity index is 2.44. The van der Waals surface area contributed by atoms with Crippen LogP contribution >= 0.6 is 0 Å². The van der Waals surface area contributed by atoms with Gasteiger partial charge in [-0.25, -0.2) is 0 Å². The molecule has 5 heteroatoms. The Hall–Kier alpha value is -2.04. The second-order valence-electron chi connectivity index (χ2n) is 5.78. The van der Waals surface area contributed by atoms with E-state index in [0.29, 0.717) is 24.0 Å². The van der Waals surface area contributed by atoms with Gasteiger partial charge in [0, 0.05) is 0 Å². The van der Waals surface area contributed by atoms with Crippen molar-refractivity contribution in [3.8, 4) is 11.5 Å². The molecule has 0 aliphatic rings. The zero-order chi connectivity index (χ0) is 17.2. The van der Waals surface area contributed by atoms with Gasteiger partial charge in [-0.15, -0.1) is 0 Å². The van der Waals surface area contributed by atoms with Gasteiger partial charge < -0.3 is 14.2 Å². The third kappa shape index (κ3) is 7.68. The molecule has 0 amide bonds. The maximum Gasteiger partial charge on any atom is 0.311 e. The number of para-hydroxylation sites is 2. The van der Waals surface area contributed by atoms with Gasteiger partial charge in [-0.05, 0) is 31.9 Å². The van der Waals surface area contributed by atoms with Crippen LogP contribution in [0.25, 0.3) is 0 Å². The lowest BCUT2D eigenvalue weighted by atomic mass is 10.1. The summed E-state index contributed by atoms with van der Waals surface area (Å²) in [5.74, 6) is 0.333. The van der Waals surface area contributed by atoms with Crippen molar-refractivity contribution < 1.29 is 23.8 Å². The van der Waals surface area contributed by atoms with Gasteiger partial charge in [0.15, 0.2) is 11.5 Å². The smallest absolute Gasteiger partial charge is 0.311 e. The third-order valence-electron chi connectivity index (χ3n) is 3.19. The van der Waals surface area contributed by atoms with Crippen LogP contribution in [0.3, 0.4) is 0 Å². The predicted octanol–water partition coefficient (Wildman–Crippen LogP) is 3.75. The van der Waals surface area contributed by atoms with Crippen LogP contribution in [0.4, 0.5) is 0 Å². The quantitative estimate of drug-likeness (QED) is 0.512. The van der Waals surface area contributed by atoms with Gasteiger partial charge >= 0.3 is 11.9 Å². The molecule has 0 heterocycles. The van der Waals surface area contributed by atoms with Crippen LogP contribution in [-0.4, -0.2) is 24.6 Å². The van der Waals surface area contributed by atoms with Crippen LogP contribution < -0.4 is 9.47 Å². The predicted molar refractivity (Wildman–Crippen MR) is 87.5 cm³/mol. The van der Waals surface area contributed by atoms with Crippen molar-refractivity contribution in [3.63, 3.8) is 0 Å². The number of rotatable bonds is 9. The fourth-order valence-electron chi connectivity index (χ4n) is 1.69. The first-order valence-corrected chi connectivity index (χ1v) is 8.04. The fourth-order valence-corrected chi connectivity index (χ4v) is 1.69. The third-order valence-corrected chi connectivity index (χ3v) is 3.19. The number of carbonyl (C=O) groups is 2. The standard InChI is InChI=1S/C18H26O5/c1-5-14(4)12-21-17(19)10-11-18(20)23-16-9-7-6-8-15(16)22-13(2)3/h6-9,13-14H,5,10-12H2,1-4H3. The molecule has 0 aliphatic carbocycles. The Morgan fingerprint density at radius 2 is 1.61 bits per heavy atom. The molecule has 0 radical (unpaired) electrons. The molecule has 0 spiro atoms. The second-order valence-corrected chi connectivity index (χ2v) is 5.78. The molecule has 128 valence electrons. The molecular formula is C18H26O5. The molecule has 1 atom stereocenters. The summed E-state index contributed by atoms with van der Waals surface area (Å²) in [6, 6.07) is 6.97. The Kier molecular flexibility index (Phi) is 8.16. The monoisotopic (exact) mass is 322 g/mol. The van der Waals surface area contributed by atoms with Crippen LogP contribution in [0, 0.1) is 5.92 Å². The highest BCUT2D eigenvalue weighted by Crippen LogP contribution is 2.27. The number of hydrogen-bond acceptors (Lipinski definition) is 5. The molecule has 1 aromatic rings. The number of benzene rings is 1. The summed E-state index contributed by atoms with van der Waals surface area (Å²) in [5, 5.41) is 0. The highest BCUT2D eigenvalue weighted by molar-refractivity contribution is 5.79. The summed E-state index contributed by atoms with van der Waals surface area (Å²) in [6.45, 7) is 8.22. The van der Waals surface area contributed by atoms with Gasteiger partial charge in [0.25, 0.3) is 0 Å². The maximum atomic E-state index is 11.9. The molecule has 0 aliphatic heterocycles. The van der Waals surface area contributed by atoms with E-state index >= 15 is 0 Å². The van der Waals surface area contributed by atoms with E-state index in [2.05, 4.69) is 0 Å². The van der Waals surface area contributed by atoms with E-state index in [0.717, 1.165) is 6.42 Å². The van der Waals surface area contributed by atoms with Gasteiger partial charge in [0.05, 0.1) is 25.6 Å². The second kappa shape index (κ2) is 9.87. The van der Waals surface area contributed by atoms with E-state index in [-0.39, 0.29) is 24.9 Å². The topological polar surface area (TPSA) is 61.8 Å². The van der Waals surface area contributed by atoms with Crippen molar-refractivity contribution in [2.24, 2.45) is 5.92 Å². The van der Waals surface area contributed by atoms with Gasteiger partial charge in [-0.3, -0.25) is 9.59 Å². The summed E-state index contributed by atoms with van der Waals surface area (Å²) in [7, 11) is 0. The summed E-state index contributed by atoms with van der Waals surface area (Å²) >= 11 is 0. The molecule has 0 N–H and O–H groups in total. The molecule has 5 nitrogen and oxygen atoms in total. The largest absolute Gasteiger partial charge is 0.487 e. The Labute approximate surface area is 137 Å². The molecule has 1 aromatic carbocycles. The van der Waals surface area contributed by atoms with Crippen molar-refractivity contribution in [3.05, 3.63) is 24.3 Å². The lowest BCUT2D eigenvalue weighted by Crippen LogP contribution is -2.15. The van der Waals surface area contributed by atoms with E-state index in [1.165, 1.54) is 0 Å². The first-order valence-electron chi connectivity index (χ1n) is 8.04. The molecule has 0 bridgehead atoms. The van der Waals surface area contributed by atoms with Gasteiger partial charge in [0.2, 0.25) is 0 Å². The van der Waals surface area contributed by atoms with Crippen molar-refractivity contribution >= 4 is 11.9 Å². The summed E-state index contributed by atoms with van der Waals surface area (Å²) < 4.78 is 16.0. The lowest BCUT2D eigenvalue weighted by molar-refractivity contribution is -0.148. The summed E-state index contributed by atoms with van der Waals surface area (Å²) in [6.07, 6.45) is 0.921. The SMILES string of the molecule is CCC(C)COC(=O)CCC(=O)Oc1ccccc1OC(C)C. The number of carbonyl (C=O) groups excluding carboxylic acids is 2. The first kappa shape index (κ1) is 19.0. The Morgan fingerprint density at radius 1 is 1.00 bits per heavy atom. The summed E-state index contributed by atoms with van der Waals surface area (Å²) in [5.41, 5.74) is 0. The highest BCUT2D eigenvalue weighted by Gasteiger charge is 2.14. The number of ether oxygens (including phenoxy) is 3. The van der Waals surface area contributed by atoms with Crippen molar-refractivity contribution in [2.75, 3.05) is 6.61 Å². The molecule has 1 unspecified atom stereocenters. The van der Waals surface area contributed by atoms with E-state index in [1.807, 2.05) is 27.7 Å². The minimum Gasteiger partial charge on any atom is -0.487 e. The van der Waals surface area contributed by atoms with Crippen LogP contribution in [0.1, 0.15) is 47.0 Å². The molecule has 0 saturated heterocycles. The van der Waals surface area contributed by atoms with E-state index in [9.17, 15) is 9.59 Å². The average molecular weight is 322 g/mol. The van der Waals surface area contributed by atoms with E-state index in [1.54, 1.807) is 24.3 Å². The maximum absolute atomic E-state index is 11.9. The molecule has 0 saturated carbocycles. The van der Waals surface area contributed by atoms with Crippen LogP contribution in [0.15, 0.2) is 24.3 Å². The van der Waals surface area contributed by atoms with Crippen LogP contribution in [0.5, 0.6) is 11.5 Å². The average Bonchev–Trinajstić information content (AvgIpc) is 2.52. The Bertz CT molecular complexity index is 510. The summed E-state index contributed by atoms with van der Waals surface area (Å²) in [4.78, 5) is 23.4. The zero-order valence-corrected chi connectivity index (χ0v) is 14.3. The molecule has 23 heavy (non-hydrogen) atoms. The van der Waals surface area contributed by atoms with Crippen molar-refractivity contribution in [1.82, 2.24) is 0 Å². The van der Waals surface area contributed by atoms with E-state index in [4.69, 9.17) is 14.2 Å². The first-order chi connectivity index (χ1) is 10.9. The van der Waals surface area contributed by atoms with Crippen molar-refractivity contribution in [1.29, 1.82) is 0 Å².